The molecule has 4 rings (SSSR count). The van der Waals surface area contributed by atoms with Crippen LogP contribution in [0, 0.1) is 4.77 Å². The zero-order valence-corrected chi connectivity index (χ0v) is 15.0. The quantitative estimate of drug-likeness (QED) is 0.670. The van der Waals surface area contributed by atoms with E-state index in [0.29, 0.717) is 4.77 Å². The molecule has 132 valence electrons. The summed E-state index contributed by atoms with van der Waals surface area (Å²) in [6, 6.07) is 8.54. The van der Waals surface area contributed by atoms with Crippen molar-refractivity contribution in [3.63, 3.8) is 0 Å². The van der Waals surface area contributed by atoms with Crippen LogP contribution >= 0.6 is 12.2 Å². The van der Waals surface area contributed by atoms with Gasteiger partial charge in [0, 0.05) is 25.4 Å². The van der Waals surface area contributed by atoms with Crippen molar-refractivity contribution in [2.45, 2.75) is 38.2 Å². The summed E-state index contributed by atoms with van der Waals surface area (Å²) < 4.78 is 7.86. The Morgan fingerprint density at radius 3 is 2.68 bits per heavy atom. The van der Waals surface area contributed by atoms with Gasteiger partial charge < -0.3 is 9.64 Å². The van der Waals surface area contributed by atoms with Crippen molar-refractivity contribution in [2.24, 2.45) is 5.10 Å². The second kappa shape index (κ2) is 7.49. The number of aromatic nitrogens is 3. The average Bonchev–Trinajstić information content (AvgIpc) is 3.31. The average molecular weight is 357 g/mol. The number of benzene rings is 1. The van der Waals surface area contributed by atoms with Gasteiger partial charge in [-0.3, -0.25) is 5.10 Å². The molecule has 0 radical (unpaired) electrons. The first-order valence-electron chi connectivity index (χ1n) is 8.99. The van der Waals surface area contributed by atoms with Crippen LogP contribution in [0.25, 0.3) is 0 Å². The first-order valence-corrected chi connectivity index (χ1v) is 9.40. The van der Waals surface area contributed by atoms with E-state index in [2.05, 4.69) is 44.5 Å². The molecule has 0 saturated carbocycles. The summed E-state index contributed by atoms with van der Waals surface area (Å²) in [7, 11) is 0. The summed E-state index contributed by atoms with van der Waals surface area (Å²) in [5.74, 6) is 0.753. The molecule has 0 spiro atoms. The lowest BCUT2D eigenvalue weighted by Crippen LogP contribution is -2.29. The highest BCUT2D eigenvalue weighted by molar-refractivity contribution is 7.71. The molecule has 0 aliphatic carbocycles. The van der Waals surface area contributed by atoms with Crippen LogP contribution in [-0.4, -0.2) is 40.8 Å². The SMILES string of the molecule is S=c1[nH]nc([C@H]2CCCO2)n1/N=C\c1ccc(N2CCCCC2)cc1. The lowest BCUT2D eigenvalue weighted by Gasteiger charge is -2.28. The van der Waals surface area contributed by atoms with Gasteiger partial charge in [-0.1, -0.05) is 12.1 Å². The van der Waals surface area contributed by atoms with Crippen LogP contribution in [0.2, 0.25) is 0 Å². The minimum absolute atomic E-state index is 0.0217. The number of nitrogens with zero attached hydrogens (tertiary/aromatic N) is 4. The summed E-state index contributed by atoms with van der Waals surface area (Å²) in [5.41, 5.74) is 2.33. The summed E-state index contributed by atoms with van der Waals surface area (Å²) in [5, 5.41) is 11.6. The first-order chi connectivity index (χ1) is 12.3. The van der Waals surface area contributed by atoms with Crippen molar-refractivity contribution in [3.8, 4) is 0 Å². The fourth-order valence-electron chi connectivity index (χ4n) is 3.45. The third kappa shape index (κ3) is 3.67. The molecule has 25 heavy (non-hydrogen) atoms. The Labute approximate surface area is 152 Å². The van der Waals surface area contributed by atoms with Gasteiger partial charge in [-0.25, -0.2) is 0 Å². The van der Waals surface area contributed by atoms with E-state index in [1.807, 2.05) is 6.21 Å². The number of rotatable bonds is 4. The van der Waals surface area contributed by atoms with Crippen LogP contribution in [0.3, 0.4) is 0 Å². The number of piperidine rings is 1. The van der Waals surface area contributed by atoms with Gasteiger partial charge in [0.05, 0.1) is 6.21 Å². The molecule has 0 amide bonds. The lowest BCUT2D eigenvalue weighted by molar-refractivity contribution is 0.102. The highest BCUT2D eigenvalue weighted by atomic mass is 32.1. The van der Waals surface area contributed by atoms with E-state index in [1.165, 1.54) is 24.9 Å². The molecule has 2 fully saturated rings. The zero-order valence-electron chi connectivity index (χ0n) is 14.2. The van der Waals surface area contributed by atoms with E-state index in [0.717, 1.165) is 43.9 Å². The first kappa shape index (κ1) is 16.5. The Kier molecular flexibility index (Phi) is 4.94. The van der Waals surface area contributed by atoms with E-state index in [1.54, 1.807) is 4.68 Å². The highest BCUT2D eigenvalue weighted by Crippen LogP contribution is 2.27. The maximum absolute atomic E-state index is 5.70. The van der Waals surface area contributed by atoms with Gasteiger partial charge in [0.1, 0.15) is 6.10 Å². The molecule has 6 nitrogen and oxygen atoms in total. The zero-order chi connectivity index (χ0) is 17.1. The van der Waals surface area contributed by atoms with Gasteiger partial charge in [0.2, 0.25) is 4.77 Å². The number of nitrogens with one attached hydrogen (secondary N) is 1. The Morgan fingerprint density at radius 1 is 1.16 bits per heavy atom. The number of hydrogen-bond acceptors (Lipinski definition) is 5. The van der Waals surface area contributed by atoms with Crippen molar-refractivity contribution in [3.05, 3.63) is 40.4 Å². The van der Waals surface area contributed by atoms with Crippen LogP contribution in [0.1, 0.15) is 49.6 Å². The maximum Gasteiger partial charge on any atom is 0.216 e. The topological polar surface area (TPSA) is 58.4 Å². The molecule has 1 atom stereocenters. The number of aromatic amines is 1. The molecule has 1 N–H and O–H groups in total. The predicted octanol–water partition coefficient (Wildman–Crippen LogP) is 3.66. The molecular formula is C18H23N5OS. The van der Waals surface area contributed by atoms with Gasteiger partial charge in [0.15, 0.2) is 5.82 Å². The monoisotopic (exact) mass is 357 g/mol. The molecule has 7 heteroatoms. The van der Waals surface area contributed by atoms with Crippen LogP contribution in [-0.2, 0) is 4.74 Å². The van der Waals surface area contributed by atoms with Crippen LogP contribution < -0.4 is 4.90 Å². The highest BCUT2D eigenvalue weighted by Gasteiger charge is 2.23. The van der Waals surface area contributed by atoms with Gasteiger partial charge in [-0.2, -0.15) is 14.9 Å². The second-order valence-electron chi connectivity index (χ2n) is 6.58. The number of H-pyrrole nitrogens is 1. The normalized spacial score (nSPS) is 21.3. The number of hydrogen-bond donors (Lipinski definition) is 1. The Balaban J connectivity index is 1.50. The summed E-state index contributed by atoms with van der Waals surface area (Å²) in [4.78, 5) is 2.45. The maximum atomic E-state index is 5.70. The summed E-state index contributed by atoms with van der Waals surface area (Å²) in [6.45, 7) is 3.08. The van der Waals surface area contributed by atoms with Crippen LogP contribution in [0.15, 0.2) is 29.4 Å². The molecule has 2 aliphatic heterocycles. The van der Waals surface area contributed by atoms with Gasteiger partial charge >= 0.3 is 0 Å². The molecule has 2 aromatic rings. The second-order valence-corrected chi connectivity index (χ2v) is 6.97. The fraction of sp³-hybridized carbons (Fsp3) is 0.500. The third-order valence-electron chi connectivity index (χ3n) is 4.83. The Hall–Kier alpha value is -1.99. The molecule has 0 unspecified atom stereocenters. The standard InChI is InChI=1S/C18H23N5OS/c25-18-21-20-17(16-5-4-12-24-16)23(18)19-13-14-6-8-15(9-7-14)22-10-2-1-3-11-22/h6-9,13,16H,1-5,10-12H2,(H,21,25)/b19-13-/t16-/m1/s1. The van der Waals surface area contributed by atoms with E-state index in [-0.39, 0.29) is 6.10 Å². The van der Waals surface area contributed by atoms with E-state index in [4.69, 9.17) is 17.0 Å². The summed E-state index contributed by atoms with van der Waals surface area (Å²) in [6.07, 6.45) is 7.73. The van der Waals surface area contributed by atoms with Crippen LogP contribution in [0.4, 0.5) is 5.69 Å². The van der Waals surface area contributed by atoms with Crippen molar-refractivity contribution >= 4 is 24.1 Å². The van der Waals surface area contributed by atoms with Crippen molar-refractivity contribution in [1.82, 2.24) is 14.9 Å². The van der Waals surface area contributed by atoms with Crippen LogP contribution in [0.5, 0.6) is 0 Å². The Bertz CT molecular complexity index is 783. The number of ether oxygens (including phenoxy) is 1. The number of anilines is 1. The van der Waals surface area contributed by atoms with E-state index >= 15 is 0 Å². The molecule has 0 bridgehead atoms. The smallest absolute Gasteiger partial charge is 0.216 e. The van der Waals surface area contributed by atoms with Gasteiger partial charge in [-0.15, -0.1) is 0 Å². The Morgan fingerprint density at radius 2 is 1.96 bits per heavy atom. The molecule has 1 aromatic carbocycles. The molecule has 2 aliphatic rings. The van der Waals surface area contributed by atoms with Crippen molar-refractivity contribution in [1.29, 1.82) is 0 Å². The van der Waals surface area contributed by atoms with Crippen molar-refractivity contribution < 1.29 is 4.74 Å². The van der Waals surface area contributed by atoms with Gasteiger partial charge in [-0.05, 0) is 62.0 Å². The largest absolute Gasteiger partial charge is 0.372 e. The van der Waals surface area contributed by atoms with Gasteiger partial charge in [0.25, 0.3) is 0 Å². The molecule has 3 heterocycles. The molecular weight excluding hydrogens is 334 g/mol. The van der Waals surface area contributed by atoms with E-state index in [9.17, 15) is 0 Å². The molecule has 1 aromatic heterocycles. The van der Waals surface area contributed by atoms with Crippen molar-refractivity contribution in [2.75, 3.05) is 24.6 Å². The third-order valence-corrected chi connectivity index (χ3v) is 5.09. The minimum atomic E-state index is -0.0217. The molecule has 2 saturated heterocycles. The fourth-order valence-corrected chi connectivity index (χ4v) is 3.64. The predicted molar refractivity (Wildman–Crippen MR) is 101 cm³/mol. The lowest BCUT2D eigenvalue weighted by atomic mass is 10.1. The summed E-state index contributed by atoms with van der Waals surface area (Å²) >= 11 is 5.30. The minimum Gasteiger partial charge on any atom is -0.372 e. The van der Waals surface area contributed by atoms with E-state index < -0.39 is 0 Å².